The minimum absolute atomic E-state index is 0.0223. The number of nitrogens with one attached hydrogen (secondary N) is 3. The molecule has 0 aromatic heterocycles. The van der Waals surface area contributed by atoms with Crippen molar-refractivity contribution in [3.05, 3.63) is 35.9 Å². The van der Waals surface area contributed by atoms with Gasteiger partial charge in [0.1, 0.15) is 12.3 Å². The second-order valence-corrected chi connectivity index (χ2v) is 15.0. The minimum Gasteiger partial charge on any atom is -0.386 e. The summed E-state index contributed by atoms with van der Waals surface area (Å²) < 4.78 is 5.96. The molecule has 0 aliphatic carbocycles. The van der Waals surface area contributed by atoms with Crippen LogP contribution in [0.1, 0.15) is 92.7 Å². The Morgan fingerprint density at radius 3 is 2.10 bits per heavy atom. The number of hydrogen-bond acceptors (Lipinski definition) is 8. The Bertz CT molecular complexity index is 1280. The van der Waals surface area contributed by atoms with Crippen LogP contribution in [0.15, 0.2) is 30.3 Å². The van der Waals surface area contributed by atoms with Crippen LogP contribution in [-0.4, -0.2) is 109 Å². The molecule has 0 radical (unpaired) electrons. The van der Waals surface area contributed by atoms with E-state index in [0.717, 1.165) is 6.29 Å². The van der Waals surface area contributed by atoms with Crippen molar-refractivity contribution in [1.29, 1.82) is 0 Å². The summed E-state index contributed by atoms with van der Waals surface area (Å²) in [7, 11) is 4.95. The van der Waals surface area contributed by atoms with Gasteiger partial charge in [-0.25, -0.2) is 0 Å². The number of likely N-dealkylation sites (tertiary alicyclic amines) is 1. The van der Waals surface area contributed by atoms with Crippen molar-refractivity contribution in [2.24, 2.45) is 29.6 Å². The smallest absolute Gasteiger partial charge is 0.245 e. The van der Waals surface area contributed by atoms with Gasteiger partial charge >= 0.3 is 0 Å². The Morgan fingerprint density at radius 2 is 1.59 bits per heavy atom. The molecule has 0 saturated carbocycles. The van der Waals surface area contributed by atoms with Crippen LogP contribution < -0.4 is 16.0 Å². The molecule has 1 aliphatic heterocycles. The van der Waals surface area contributed by atoms with Crippen LogP contribution in [0.5, 0.6) is 0 Å². The first-order valence-electron chi connectivity index (χ1n) is 18.6. The van der Waals surface area contributed by atoms with E-state index in [9.17, 15) is 29.1 Å². The highest BCUT2D eigenvalue weighted by molar-refractivity contribution is 5.90. The highest BCUT2D eigenvalue weighted by Crippen LogP contribution is 2.31. The first-order chi connectivity index (χ1) is 24.0. The zero-order valence-corrected chi connectivity index (χ0v) is 32.7. The molecule has 4 amide bonds. The van der Waals surface area contributed by atoms with Gasteiger partial charge in [-0.15, -0.1) is 0 Å². The predicted molar refractivity (Wildman–Crippen MR) is 198 cm³/mol. The van der Waals surface area contributed by atoms with Crippen molar-refractivity contribution in [1.82, 2.24) is 25.8 Å². The maximum atomic E-state index is 14.1. The van der Waals surface area contributed by atoms with Crippen molar-refractivity contribution in [2.45, 2.75) is 123 Å². The first kappa shape index (κ1) is 43.8. The zero-order chi connectivity index (χ0) is 38.6. The molecule has 1 fully saturated rings. The van der Waals surface area contributed by atoms with E-state index in [-0.39, 0.29) is 47.8 Å². The monoisotopic (exact) mass is 715 g/mol. The number of aliphatic hydroxyl groups excluding tert-OH is 1. The number of carbonyl (C=O) groups is 5. The molecule has 1 saturated heterocycles. The summed E-state index contributed by atoms with van der Waals surface area (Å²) in [6.07, 6.45) is 1.12. The minimum atomic E-state index is -0.923. The molecule has 0 unspecified atom stereocenters. The van der Waals surface area contributed by atoms with Crippen LogP contribution in [0.25, 0.3) is 0 Å². The van der Waals surface area contributed by atoms with Crippen molar-refractivity contribution >= 4 is 29.9 Å². The van der Waals surface area contributed by atoms with Gasteiger partial charge in [-0.05, 0) is 50.1 Å². The number of nitrogens with zero attached hydrogens (tertiary/aromatic N) is 2. The first-order valence-corrected chi connectivity index (χ1v) is 18.6. The molecule has 12 nitrogen and oxygen atoms in total. The summed E-state index contributed by atoms with van der Waals surface area (Å²) in [5, 5.41) is 19.6. The number of aliphatic hydroxyl groups is 1. The summed E-state index contributed by atoms with van der Waals surface area (Å²) in [5.41, 5.74) is 0.672. The molecule has 10 atom stereocenters. The van der Waals surface area contributed by atoms with Crippen LogP contribution in [-0.2, 0) is 28.7 Å². The van der Waals surface area contributed by atoms with Crippen molar-refractivity contribution in [3.8, 4) is 0 Å². The van der Waals surface area contributed by atoms with Gasteiger partial charge < -0.3 is 40.4 Å². The maximum Gasteiger partial charge on any atom is 0.245 e. The quantitative estimate of drug-likeness (QED) is 0.150. The fourth-order valence-electron chi connectivity index (χ4n) is 7.35. The number of methoxy groups -OCH3 is 1. The standard InChI is InChI=1S/C39H65N5O7/c1-12-25(6)35(43(10)39(50)34(24(4)5)42-38(49)33(40-9)23(2)3)31(51-11)21-32(46)44-20-16-19-30(44)29(22-45)26(7)37(48)41-27(8)36(47)28-17-14-13-15-18-28/h13-15,17-18,22-27,29-31,33-36,40,47H,12,16,19-21H2,1-11H3,(H,41,48)(H,42,49)/t25-,26+,27+,29+,30-,31+,33-,34-,35-,36+/m0/s1. The van der Waals surface area contributed by atoms with Gasteiger partial charge in [0, 0.05) is 38.6 Å². The normalized spacial score (nSPS) is 20.0. The van der Waals surface area contributed by atoms with Gasteiger partial charge in [0.25, 0.3) is 0 Å². The zero-order valence-electron chi connectivity index (χ0n) is 32.7. The highest BCUT2D eigenvalue weighted by Gasteiger charge is 2.43. The summed E-state index contributed by atoms with van der Waals surface area (Å²) in [6, 6.07) is 6.25. The lowest BCUT2D eigenvalue weighted by Gasteiger charge is -2.41. The Hall–Kier alpha value is -3.35. The van der Waals surface area contributed by atoms with Gasteiger partial charge in [-0.3, -0.25) is 19.2 Å². The highest BCUT2D eigenvalue weighted by atomic mass is 16.5. The molecular formula is C39H65N5O7. The molecule has 2 rings (SSSR count). The van der Waals surface area contributed by atoms with Crippen LogP contribution in [0.4, 0.5) is 0 Å². The van der Waals surface area contributed by atoms with Crippen LogP contribution >= 0.6 is 0 Å². The van der Waals surface area contributed by atoms with E-state index in [0.29, 0.717) is 31.4 Å². The second-order valence-electron chi connectivity index (χ2n) is 15.0. The van der Waals surface area contributed by atoms with Gasteiger partial charge in [0.2, 0.25) is 23.6 Å². The van der Waals surface area contributed by atoms with Crippen molar-refractivity contribution in [3.63, 3.8) is 0 Å². The lowest BCUT2D eigenvalue weighted by atomic mass is 9.85. The van der Waals surface area contributed by atoms with E-state index in [1.54, 1.807) is 49.9 Å². The van der Waals surface area contributed by atoms with Gasteiger partial charge in [0.15, 0.2) is 0 Å². The van der Waals surface area contributed by atoms with E-state index >= 15 is 0 Å². The lowest BCUT2D eigenvalue weighted by Crippen LogP contribution is -2.59. The number of benzene rings is 1. The summed E-state index contributed by atoms with van der Waals surface area (Å²) in [4.78, 5) is 70.5. The van der Waals surface area contributed by atoms with E-state index in [2.05, 4.69) is 16.0 Å². The topological polar surface area (TPSA) is 157 Å². The Labute approximate surface area is 305 Å². The Kier molecular flexibility index (Phi) is 17.7. The Morgan fingerprint density at radius 1 is 0.980 bits per heavy atom. The number of rotatable bonds is 20. The van der Waals surface area contributed by atoms with Crippen molar-refractivity contribution < 1.29 is 33.8 Å². The van der Waals surface area contributed by atoms with Crippen LogP contribution in [0, 0.1) is 29.6 Å². The van der Waals surface area contributed by atoms with E-state index in [4.69, 9.17) is 4.74 Å². The fraction of sp³-hybridized carbons (Fsp3) is 0.718. The third kappa shape index (κ3) is 11.3. The lowest BCUT2D eigenvalue weighted by molar-refractivity contribution is -0.147. The average Bonchev–Trinajstić information content (AvgIpc) is 3.59. The van der Waals surface area contributed by atoms with E-state index in [1.807, 2.05) is 59.7 Å². The van der Waals surface area contributed by atoms with Gasteiger partial charge in [-0.2, -0.15) is 0 Å². The molecular weight excluding hydrogens is 650 g/mol. The molecule has 12 heteroatoms. The van der Waals surface area contributed by atoms with Crippen molar-refractivity contribution in [2.75, 3.05) is 27.7 Å². The Balaban J connectivity index is 2.24. The summed E-state index contributed by atoms with van der Waals surface area (Å²) >= 11 is 0. The van der Waals surface area contributed by atoms with Gasteiger partial charge in [0.05, 0.1) is 36.8 Å². The number of amides is 4. The number of carbonyl (C=O) groups excluding carboxylic acids is 5. The van der Waals surface area contributed by atoms with Crippen LogP contribution in [0.3, 0.4) is 0 Å². The van der Waals surface area contributed by atoms with E-state index in [1.165, 1.54) is 7.11 Å². The molecule has 4 N–H and O–H groups in total. The molecule has 1 aromatic carbocycles. The molecule has 0 bridgehead atoms. The third-order valence-electron chi connectivity index (χ3n) is 10.8. The van der Waals surface area contributed by atoms with Gasteiger partial charge in [-0.1, -0.05) is 85.2 Å². The third-order valence-corrected chi connectivity index (χ3v) is 10.8. The SMILES string of the molecule is CC[C@H](C)[C@@H]([C@@H](CC(=O)N1CCC[C@H]1[C@H](C=O)[C@@H](C)C(=O)N[C@H](C)[C@@H](O)c1ccccc1)OC)N(C)C(=O)[C@@H](NC(=O)[C@@H](NC)C(C)C)C(C)C. The average molecular weight is 716 g/mol. The summed E-state index contributed by atoms with van der Waals surface area (Å²) in [6.45, 7) is 15.5. The van der Waals surface area contributed by atoms with Crippen LogP contribution in [0.2, 0.25) is 0 Å². The molecule has 0 spiro atoms. The molecule has 1 aromatic rings. The number of aldehydes is 1. The fourth-order valence-corrected chi connectivity index (χ4v) is 7.35. The summed E-state index contributed by atoms with van der Waals surface area (Å²) in [5.74, 6) is -2.81. The predicted octanol–water partition coefficient (Wildman–Crippen LogP) is 3.33. The number of hydrogen-bond donors (Lipinski definition) is 4. The number of likely N-dealkylation sites (N-methyl/N-ethyl adjacent to an activating group) is 2. The molecule has 51 heavy (non-hydrogen) atoms. The number of ether oxygens (including phenoxy) is 1. The second kappa shape index (κ2) is 20.6. The molecule has 1 aliphatic rings. The molecule has 1 heterocycles. The molecule has 288 valence electrons. The van der Waals surface area contributed by atoms with E-state index < -0.39 is 54.3 Å². The maximum absolute atomic E-state index is 14.1. The largest absolute Gasteiger partial charge is 0.386 e.